The van der Waals surface area contributed by atoms with Gasteiger partial charge in [-0.25, -0.2) is 0 Å². The Balaban J connectivity index is 2.40. The Bertz CT molecular complexity index is 513. The predicted octanol–water partition coefficient (Wildman–Crippen LogP) is 2.48. The summed E-state index contributed by atoms with van der Waals surface area (Å²) in [5, 5.41) is 2.56. The van der Waals surface area contributed by atoms with Crippen molar-refractivity contribution >= 4 is 33.6 Å². The minimum absolute atomic E-state index is 0.0430. The second-order valence-corrected chi connectivity index (χ2v) is 5.37. The second-order valence-electron chi connectivity index (χ2n) is 4.46. The number of carbonyl (C=O) groups excluding carboxylic acids is 3. The highest BCUT2D eigenvalue weighted by Crippen LogP contribution is 2.13. The third kappa shape index (κ3) is 6.08. The molecule has 5 nitrogen and oxygen atoms in total. The molecule has 0 spiro atoms. The van der Waals surface area contributed by atoms with Crippen LogP contribution in [0.1, 0.15) is 37.0 Å². The first-order valence-corrected chi connectivity index (χ1v) is 7.49. The van der Waals surface area contributed by atoms with Crippen LogP contribution < -0.4 is 5.32 Å². The van der Waals surface area contributed by atoms with Crippen LogP contribution in [-0.2, 0) is 14.3 Å². The molecule has 114 valence electrons. The van der Waals surface area contributed by atoms with Crippen molar-refractivity contribution in [3.8, 4) is 0 Å². The van der Waals surface area contributed by atoms with Gasteiger partial charge in [-0.2, -0.15) is 0 Å². The van der Waals surface area contributed by atoms with E-state index in [0.717, 1.165) is 4.47 Å². The summed E-state index contributed by atoms with van der Waals surface area (Å²) in [6.07, 6.45) is -0.832. The van der Waals surface area contributed by atoms with Gasteiger partial charge in [-0.1, -0.05) is 28.1 Å². The van der Waals surface area contributed by atoms with Crippen LogP contribution in [0.5, 0.6) is 0 Å². The number of Topliss-reactive ketones (excluding diaryl/α,β-unsaturated/α-hetero) is 1. The lowest BCUT2D eigenvalue weighted by atomic mass is 10.1. The van der Waals surface area contributed by atoms with Gasteiger partial charge in [0, 0.05) is 23.0 Å². The normalized spacial score (nSPS) is 11.6. The zero-order valence-electron chi connectivity index (χ0n) is 12.0. The van der Waals surface area contributed by atoms with Crippen molar-refractivity contribution in [3.05, 3.63) is 34.3 Å². The van der Waals surface area contributed by atoms with E-state index >= 15 is 0 Å². The summed E-state index contributed by atoms with van der Waals surface area (Å²) in [6, 6.07) is 6.91. The predicted molar refractivity (Wildman–Crippen MR) is 81.9 cm³/mol. The molecule has 1 aromatic carbocycles. The second kappa shape index (κ2) is 8.56. The molecule has 0 heterocycles. The van der Waals surface area contributed by atoms with Crippen molar-refractivity contribution in [2.75, 3.05) is 6.54 Å². The lowest BCUT2D eigenvalue weighted by molar-refractivity contribution is -0.154. The summed E-state index contributed by atoms with van der Waals surface area (Å²) in [5.74, 6) is -1.03. The summed E-state index contributed by atoms with van der Waals surface area (Å²) in [7, 11) is 0. The Kier molecular flexibility index (Phi) is 7.08. The van der Waals surface area contributed by atoms with E-state index in [1.807, 2.05) is 0 Å². The highest BCUT2D eigenvalue weighted by Gasteiger charge is 2.17. The standard InChI is InChI=1S/C15H18BrNO4/c1-3-17-15(20)10(2)21-14(19)9-8-13(18)11-4-6-12(16)7-5-11/h4-7,10H,3,8-9H2,1-2H3,(H,17,20)/t10-/m1/s1. The maximum absolute atomic E-state index is 11.9. The Labute approximate surface area is 132 Å². The van der Waals surface area contributed by atoms with E-state index in [1.54, 1.807) is 31.2 Å². The zero-order chi connectivity index (χ0) is 15.8. The van der Waals surface area contributed by atoms with Gasteiger partial charge >= 0.3 is 5.97 Å². The molecule has 6 heteroatoms. The molecule has 0 unspecified atom stereocenters. The minimum Gasteiger partial charge on any atom is -0.453 e. The first kappa shape index (κ1) is 17.4. The number of ketones is 1. The summed E-state index contributed by atoms with van der Waals surface area (Å²) in [4.78, 5) is 34.9. The molecule has 0 fully saturated rings. The minimum atomic E-state index is -0.847. The lowest BCUT2D eigenvalue weighted by Gasteiger charge is -2.12. The summed E-state index contributed by atoms with van der Waals surface area (Å²) in [5.41, 5.74) is 0.544. The van der Waals surface area contributed by atoms with Crippen LogP contribution in [0, 0.1) is 0 Å². The van der Waals surface area contributed by atoms with Crippen molar-refractivity contribution in [2.24, 2.45) is 0 Å². The SMILES string of the molecule is CCNC(=O)[C@@H](C)OC(=O)CCC(=O)c1ccc(Br)cc1. The van der Waals surface area contributed by atoms with E-state index in [1.165, 1.54) is 6.92 Å². The molecule has 1 amide bonds. The first-order valence-electron chi connectivity index (χ1n) is 6.70. The van der Waals surface area contributed by atoms with Gasteiger partial charge in [-0.3, -0.25) is 14.4 Å². The van der Waals surface area contributed by atoms with Crippen molar-refractivity contribution in [1.82, 2.24) is 5.32 Å². The van der Waals surface area contributed by atoms with Crippen molar-refractivity contribution in [1.29, 1.82) is 0 Å². The maximum atomic E-state index is 11.9. The fraction of sp³-hybridized carbons (Fsp3) is 0.400. The van der Waals surface area contributed by atoms with Gasteiger partial charge in [0.05, 0.1) is 6.42 Å². The van der Waals surface area contributed by atoms with Crippen molar-refractivity contribution in [2.45, 2.75) is 32.8 Å². The molecular weight excluding hydrogens is 338 g/mol. The molecule has 21 heavy (non-hydrogen) atoms. The lowest BCUT2D eigenvalue weighted by Crippen LogP contribution is -2.35. The fourth-order valence-corrected chi connectivity index (χ4v) is 1.89. The number of esters is 1. The van der Waals surface area contributed by atoms with Crippen LogP contribution in [0.4, 0.5) is 0 Å². The molecule has 0 saturated heterocycles. The van der Waals surface area contributed by atoms with Gasteiger partial charge in [-0.15, -0.1) is 0 Å². The molecular formula is C15H18BrNO4. The van der Waals surface area contributed by atoms with Crippen molar-refractivity contribution in [3.63, 3.8) is 0 Å². The highest BCUT2D eigenvalue weighted by molar-refractivity contribution is 9.10. The van der Waals surface area contributed by atoms with Crippen LogP contribution >= 0.6 is 15.9 Å². The van der Waals surface area contributed by atoms with E-state index in [0.29, 0.717) is 12.1 Å². The number of likely N-dealkylation sites (N-methyl/N-ethyl adjacent to an activating group) is 1. The van der Waals surface area contributed by atoms with Gasteiger partial charge < -0.3 is 10.1 Å². The Morgan fingerprint density at radius 3 is 2.38 bits per heavy atom. The largest absolute Gasteiger partial charge is 0.453 e. The molecule has 0 aromatic heterocycles. The van der Waals surface area contributed by atoms with Gasteiger partial charge in [0.25, 0.3) is 5.91 Å². The van der Waals surface area contributed by atoms with Gasteiger partial charge in [0.1, 0.15) is 0 Å². The Morgan fingerprint density at radius 1 is 1.19 bits per heavy atom. The smallest absolute Gasteiger partial charge is 0.307 e. The number of hydrogen-bond acceptors (Lipinski definition) is 4. The number of benzene rings is 1. The average molecular weight is 356 g/mol. The number of hydrogen-bond donors (Lipinski definition) is 1. The Morgan fingerprint density at radius 2 is 1.81 bits per heavy atom. The van der Waals surface area contributed by atoms with Crippen molar-refractivity contribution < 1.29 is 19.1 Å². The summed E-state index contributed by atoms with van der Waals surface area (Å²) in [6.45, 7) is 3.76. The van der Waals surface area contributed by atoms with E-state index in [4.69, 9.17) is 4.74 Å². The molecule has 1 atom stereocenters. The van der Waals surface area contributed by atoms with Crippen LogP contribution in [0.3, 0.4) is 0 Å². The molecule has 0 radical (unpaired) electrons. The number of carbonyl (C=O) groups is 3. The van der Waals surface area contributed by atoms with E-state index in [2.05, 4.69) is 21.2 Å². The van der Waals surface area contributed by atoms with E-state index in [-0.39, 0.29) is 24.5 Å². The molecule has 1 N–H and O–H groups in total. The van der Waals surface area contributed by atoms with Gasteiger partial charge in [0.2, 0.25) is 0 Å². The summed E-state index contributed by atoms with van der Waals surface area (Å²) >= 11 is 3.29. The number of ether oxygens (including phenoxy) is 1. The zero-order valence-corrected chi connectivity index (χ0v) is 13.6. The van der Waals surface area contributed by atoms with Gasteiger partial charge in [-0.05, 0) is 26.0 Å². The quantitative estimate of drug-likeness (QED) is 0.602. The number of rotatable bonds is 7. The van der Waals surface area contributed by atoms with Gasteiger partial charge in [0.15, 0.2) is 11.9 Å². The number of halogens is 1. The Hall–Kier alpha value is -1.69. The molecule has 0 aliphatic heterocycles. The summed E-state index contributed by atoms with van der Waals surface area (Å²) < 4.78 is 5.84. The molecule has 0 bridgehead atoms. The fourth-order valence-electron chi connectivity index (χ4n) is 1.62. The third-order valence-corrected chi connectivity index (χ3v) is 3.28. The average Bonchev–Trinajstić information content (AvgIpc) is 2.45. The topological polar surface area (TPSA) is 72.5 Å². The first-order chi connectivity index (χ1) is 9.93. The van der Waals surface area contributed by atoms with E-state index < -0.39 is 12.1 Å². The maximum Gasteiger partial charge on any atom is 0.307 e. The molecule has 0 saturated carbocycles. The molecule has 1 rings (SSSR count). The third-order valence-electron chi connectivity index (χ3n) is 2.75. The van der Waals surface area contributed by atoms with Crippen LogP contribution in [0.15, 0.2) is 28.7 Å². The number of amides is 1. The van der Waals surface area contributed by atoms with Crippen LogP contribution in [0.2, 0.25) is 0 Å². The highest BCUT2D eigenvalue weighted by atomic mass is 79.9. The van der Waals surface area contributed by atoms with E-state index in [9.17, 15) is 14.4 Å². The van der Waals surface area contributed by atoms with Crippen LogP contribution in [-0.4, -0.2) is 30.3 Å². The molecule has 0 aliphatic carbocycles. The monoisotopic (exact) mass is 355 g/mol. The molecule has 1 aromatic rings. The number of nitrogens with one attached hydrogen (secondary N) is 1. The molecule has 0 aliphatic rings. The van der Waals surface area contributed by atoms with Crippen LogP contribution in [0.25, 0.3) is 0 Å².